The first-order chi connectivity index (χ1) is 10.5. The maximum atomic E-state index is 14.2. The van der Waals surface area contributed by atoms with Crippen LogP contribution < -0.4 is 0 Å². The van der Waals surface area contributed by atoms with Crippen LogP contribution in [-0.2, 0) is 12.8 Å². The van der Waals surface area contributed by atoms with Crippen molar-refractivity contribution < 1.29 is 8.78 Å². The van der Waals surface area contributed by atoms with E-state index in [1.807, 2.05) is 6.07 Å². The number of fused-ring (bicyclic) bond motifs is 1. The minimum atomic E-state index is -0.638. The molecule has 1 fully saturated rings. The molecular formula is C20H28F2. The zero-order valence-corrected chi connectivity index (χ0v) is 13.9. The Balaban J connectivity index is 1.59. The number of halogens is 2. The topological polar surface area (TPSA) is 0 Å². The van der Waals surface area contributed by atoms with Crippen molar-refractivity contribution >= 4 is 0 Å². The first kappa shape index (κ1) is 16.0. The van der Waals surface area contributed by atoms with Crippen molar-refractivity contribution in [3.8, 4) is 0 Å². The van der Waals surface area contributed by atoms with Gasteiger partial charge < -0.3 is 0 Å². The molecule has 22 heavy (non-hydrogen) atoms. The fourth-order valence-electron chi connectivity index (χ4n) is 4.39. The molecule has 1 atom stereocenters. The molecular weight excluding hydrogens is 278 g/mol. The third-order valence-corrected chi connectivity index (χ3v) is 6.02. The van der Waals surface area contributed by atoms with Crippen molar-refractivity contribution in [1.82, 2.24) is 0 Å². The van der Waals surface area contributed by atoms with Gasteiger partial charge >= 0.3 is 0 Å². The van der Waals surface area contributed by atoms with Gasteiger partial charge in [0.25, 0.3) is 0 Å². The van der Waals surface area contributed by atoms with Crippen LogP contribution in [0.5, 0.6) is 0 Å². The fourth-order valence-corrected chi connectivity index (χ4v) is 4.39. The molecule has 0 spiro atoms. The highest BCUT2D eigenvalue weighted by molar-refractivity contribution is 5.36. The zero-order chi connectivity index (χ0) is 15.7. The molecule has 0 heterocycles. The van der Waals surface area contributed by atoms with Gasteiger partial charge in [-0.25, -0.2) is 8.78 Å². The Morgan fingerprint density at radius 2 is 1.64 bits per heavy atom. The molecule has 0 N–H and O–H groups in total. The molecule has 122 valence electrons. The molecule has 2 heteroatoms. The van der Waals surface area contributed by atoms with E-state index in [0.29, 0.717) is 17.0 Å². The van der Waals surface area contributed by atoms with Gasteiger partial charge in [-0.2, -0.15) is 0 Å². The summed E-state index contributed by atoms with van der Waals surface area (Å²) in [4.78, 5) is 0. The first-order valence-electron chi connectivity index (χ1n) is 9.01. The smallest absolute Gasteiger partial charge is 0.162 e. The van der Waals surface area contributed by atoms with E-state index < -0.39 is 11.6 Å². The van der Waals surface area contributed by atoms with Gasteiger partial charge in [-0.3, -0.25) is 0 Å². The van der Waals surface area contributed by atoms with Gasteiger partial charge in [0.05, 0.1) is 0 Å². The summed E-state index contributed by atoms with van der Waals surface area (Å²) in [5.41, 5.74) is 2.15. The lowest BCUT2D eigenvalue weighted by molar-refractivity contribution is 0.254. The Kier molecular flexibility index (Phi) is 4.84. The molecule has 1 aromatic rings. The largest absolute Gasteiger partial charge is 0.203 e. The number of aryl methyl sites for hydroxylation is 2. The highest BCUT2D eigenvalue weighted by Gasteiger charge is 2.26. The zero-order valence-electron chi connectivity index (χ0n) is 13.9. The molecule has 2 aliphatic carbocycles. The maximum absolute atomic E-state index is 14.2. The second-order valence-corrected chi connectivity index (χ2v) is 7.77. The van der Waals surface area contributed by atoms with E-state index in [1.165, 1.54) is 38.5 Å². The summed E-state index contributed by atoms with van der Waals surface area (Å²) in [6.07, 6.45) is 10.7. The lowest BCUT2D eigenvalue weighted by Crippen LogP contribution is -2.19. The van der Waals surface area contributed by atoms with Gasteiger partial charge in [-0.15, -0.1) is 0 Å². The molecule has 1 unspecified atom stereocenters. The first-order valence-corrected chi connectivity index (χ1v) is 9.01. The third kappa shape index (κ3) is 3.36. The highest BCUT2D eigenvalue weighted by Crippen LogP contribution is 2.36. The lowest BCUT2D eigenvalue weighted by Gasteiger charge is -2.30. The van der Waals surface area contributed by atoms with Crippen LogP contribution in [0.1, 0.15) is 68.6 Å². The number of hydrogen-bond acceptors (Lipinski definition) is 0. The summed E-state index contributed by atoms with van der Waals surface area (Å²) < 4.78 is 28.0. The molecule has 3 rings (SSSR count). The van der Waals surface area contributed by atoms with E-state index >= 15 is 0 Å². The molecule has 0 radical (unpaired) electrons. The molecule has 0 nitrogen and oxygen atoms in total. The van der Waals surface area contributed by atoms with Gasteiger partial charge in [0.1, 0.15) is 0 Å². The summed E-state index contributed by atoms with van der Waals surface area (Å²) in [6, 6.07) is 1.85. The Hall–Kier alpha value is -0.920. The molecule has 1 aromatic carbocycles. The average molecular weight is 306 g/mol. The normalized spacial score (nSPS) is 28.5. The van der Waals surface area contributed by atoms with E-state index in [1.54, 1.807) is 6.92 Å². The van der Waals surface area contributed by atoms with Crippen LogP contribution in [0.4, 0.5) is 8.78 Å². The van der Waals surface area contributed by atoms with Crippen LogP contribution in [0.3, 0.4) is 0 Å². The van der Waals surface area contributed by atoms with Gasteiger partial charge in [-0.1, -0.05) is 45.1 Å². The number of benzene rings is 1. The fraction of sp³-hybridized carbons (Fsp3) is 0.700. The highest BCUT2D eigenvalue weighted by atomic mass is 19.2. The van der Waals surface area contributed by atoms with Gasteiger partial charge in [0.15, 0.2) is 11.6 Å². The SMILES string of the molecule is Cc1cc2c(c(F)c1F)CC(CCC1CCC(C)CC1)CC2. The standard InChI is InChI=1S/C20H28F2/c1-13-3-5-15(6-4-13)7-8-16-9-10-17-11-14(2)19(21)20(22)18(17)12-16/h11,13,15-16H,3-10,12H2,1-2H3. The van der Waals surface area contributed by atoms with Gasteiger partial charge in [0.2, 0.25) is 0 Å². The van der Waals surface area contributed by atoms with E-state index in [4.69, 9.17) is 0 Å². The second-order valence-electron chi connectivity index (χ2n) is 7.77. The summed E-state index contributed by atoms with van der Waals surface area (Å²) in [5.74, 6) is 1.10. The van der Waals surface area contributed by atoms with Gasteiger partial charge in [0, 0.05) is 0 Å². The van der Waals surface area contributed by atoms with Crippen molar-refractivity contribution in [3.63, 3.8) is 0 Å². The Morgan fingerprint density at radius 1 is 0.955 bits per heavy atom. The molecule has 1 saturated carbocycles. The predicted octanol–water partition coefficient (Wildman–Crippen LogP) is 5.98. The van der Waals surface area contributed by atoms with Crippen LogP contribution in [0, 0.1) is 36.3 Å². The molecule has 0 aliphatic heterocycles. The maximum Gasteiger partial charge on any atom is 0.162 e. The Bertz CT molecular complexity index is 527. The van der Waals surface area contributed by atoms with Crippen molar-refractivity contribution in [1.29, 1.82) is 0 Å². The Labute approximate surface area is 133 Å². The van der Waals surface area contributed by atoms with E-state index in [0.717, 1.165) is 36.7 Å². The molecule has 0 saturated heterocycles. The van der Waals surface area contributed by atoms with Crippen LogP contribution in [-0.4, -0.2) is 0 Å². The minimum Gasteiger partial charge on any atom is -0.203 e. The molecule has 0 amide bonds. The number of hydrogen-bond donors (Lipinski definition) is 0. The number of rotatable bonds is 3. The van der Waals surface area contributed by atoms with Crippen molar-refractivity contribution in [3.05, 3.63) is 34.4 Å². The molecule has 2 aliphatic rings. The quantitative estimate of drug-likeness (QED) is 0.644. The van der Waals surface area contributed by atoms with Crippen LogP contribution in [0.15, 0.2) is 6.07 Å². The van der Waals surface area contributed by atoms with E-state index in [-0.39, 0.29) is 0 Å². The van der Waals surface area contributed by atoms with E-state index in [9.17, 15) is 8.78 Å². The average Bonchev–Trinajstić information content (AvgIpc) is 2.52. The van der Waals surface area contributed by atoms with E-state index in [2.05, 4.69) is 6.92 Å². The predicted molar refractivity (Wildman–Crippen MR) is 87.0 cm³/mol. The molecule has 0 aromatic heterocycles. The van der Waals surface area contributed by atoms with Crippen molar-refractivity contribution in [2.75, 3.05) is 0 Å². The van der Waals surface area contributed by atoms with Crippen molar-refractivity contribution in [2.45, 2.75) is 71.6 Å². The third-order valence-electron chi connectivity index (χ3n) is 6.02. The van der Waals surface area contributed by atoms with Crippen LogP contribution in [0.25, 0.3) is 0 Å². The Morgan fingerprint density at radius 3 is 2.36 bits per heavy atom. The minimum absolute atomic E-state index is 0.450. The summed E-state index contributed by atoms with van der Waals surface area (Å²) in [5, 5.41) is 0. The second kappa shape index (κ2) is 6.68. The monoisotopic (exact) mass is 306 g/mol. The van der Waals surface area contributed by atoms with Crippen molar-refractivity contribution in [2.24, 2.45) is 17.8 Å². The summed E-state index contributed by atoms with van der Waals surface area (Å²) >= 11 is 0. The molecule has 0 bridgehead atoms. The van der Waals surface area contributed by atoms with Gasteiger partial charge in [-0.05, 0) is 67.1 Å². The summed E-state index contributed by atoms with van der Waals surface area (Å²) in [7, 11) is 0. The van der Waals surface area contributed by atoms with Crippen LogP contribution in [0.2, 0.25) is 0 Å². The lowest BCUT2D eigenvalue weighted by atomic mass is 9.76. The van der Waals surface area contributed by atoms with Crippen LogP contribution >= 0.6 is 0 Å². The summed E-state index contributed by atoms with van der Waals surface area (Å²) in [6.45, 7) is 4.02.